The zero-order chi connectivity index (χ0) is 16.7. The van der Waals surface area contributed by atoms with Crippen LogP contribution in [0.3, 0.4) is 0 Å². The van der Waals surface area contributed by atoms with Gasteiger partial charge in [-0.2, -0.15) is 0 Å². The van der Waals surface area contributed by atoms with Gasteiger partial charge in [0.25, 0.3) is 0 Å². The molecule has 1 aliphatic rings. The molecule has 0 radical (unpaired) electrons. The summed E-state index contributed by atoms with van der Waals surface area (Å²) in [6.07, 6.45) is 7.81. The second-order valence-corrected chi connectivity index (χ2v) is 7.76. The lowest BCUT2D eigenvalue weighted by molar-refractivity contribution is 0.330. The second kappa shape index (κ2) is 5.41. The smallest absolute Gasteiger partial charge is 0.140 e. The van der Waals surface area contributed by atoms with Gasteiger partial charge in [-0.25, -0.2) is 9.97 Å². The van der Waals surface area contributed by atoms with Gasteiger partial charge in [-0.15, -0.1) is 0 Å². The predicted octanol–water partition coefficient (Wildman–Crippen LogP) is 3.97. The molecule has 2 aromatic rings. The molecule has 0 bridgehead atoms. The summed E-state index contributed by atoms with van der Waals surface area (Å²) in [6.45, 7) is 10.9. The lowest BCUT2D eigenvalue weighted by Gasteiger charge is -2.31. The fourth-order valence-electron chi connectivity index (χ4n) is 2.67. The Hall–Kier alpha value is -2.30. The first kappa shape index (κ1) is 15.6. The maximum atomic E-state index is 5.54. The van der Waals surface area contributed by atoms with Crippen molar-refractivity contribution in [2.24, 2.45) is 5.41 Å². The van der Waals surface area contributed by atoms with Gasteiger partial charge >= 0.3 is 0 Å². The van der Waals surface area contributed by atoms with Crippen LogP contribution in [0, 0.1) is 5.41 Å². The summed E-state index contributed by atoms with van der Waals surface area (Å²) in [5, 5.41) is 4.54. The molecule has 0 fully saturated rings. The minimum Gasteiger partial charge on any atom is -0.469 e. The Morgan fingerprint density at radius 2 is 1.91 bits per heavy atom. The van der Waals surface area contributed by atoms with Gasteiger partial charge in [0.15, 0.2) is 0 Å². The van der Waals surface area contributed by atoms with Gasteiger partial charge in [-0.3, -0.25) is 0 Å². The molecule has 2 N–H and O–H groups in total. The van der Waals surface area contributed by atoms with Crippen LogP contribution in [0.1, 0.15) is 46.7 Å². The molecule has 1 aliphatic heterocycles. The Bertz CT molecular complexity index is 745. The van der Waals surface area contributed by atoms with Crippen molar-refractivity contribution >= 4 is 11.0 Å². The van der Waals surface area contributed by atoms with E-state index in [1.165, 1.54) is 0 Å². The van der Waals surface area contributed by atoms with Crippen LogP contribution in [-0.4, -0.2) is 15.0 Å². The highest BCUT2D eigenvalue weighted by Crippen LogP contribution is 2.33. The van der Waals surface area contributed by atoms with Gasteiger partial charge in [0.05, 0.1) is 11.4 Å². The molecule has 0 saturated carbocycles. The Morgan fingerprint density at radius 3 is 2.61 bits per heavy atom. The van der Waals surface area contributed by atoms with Crippen molar-refractivity contribution < 1.29 is 4.74 Å². The first-order chi connectivity index (χ1) is 10.8. The number of aromatic amines is 1. The molecule has 122 valence electrons. The van der Waals surface area contributed by atoms with Crippen LogP contribution in [-0.2, 0) is 10.2 Å². The van der Waals surface area contributed by atoms with Crippen LogP contribution in [0.25, 0.3) is 11.0 Å². The number of aromatic nitrogens is 3. The van der Waals surface area contributed by atoms with Gasteiger partial charge < -0.3 is 15.0 Å². The summed E-state index contributed by atoms with van der Waals surface area (Å²) in [5.74, 6) is 0. The zero-order valence-corrected chi connectivity index (χ0v) is 14.4. The Labute approximate surface area is 136 Å². The highest BCUT2D eigenvalue weighted by Gasteiger charge is 2.28. The minimum absolute atomic E-state index is 0.0281. The maximum absolute atomic E-state index is 5.54. The van der Waals surface area contributed by atoms with E-state index in [1.54, 1.807) is 18.9 Å². The first-order valence-electron chi connectivity index (χ1n) is 7.87. The average Bonchev–Trinajstić information content (AvgIpc) is 2.91. The molecule has 2 aromatic heterocycles. The molecular formula is C18H24N4O. The van der Waals surface area contributed by atoms with Crippen molar-refractivity contribution in [2.75, 3.05) is 0 Å². The minimum atomic E-state index is -0.0801. The Balaban J connectivity index is 1.80. The third-order valence-corrected chi connectivity index (χ3v) is 4.15. The van der Waals surface area contributed by atoms with E-state index in [9.17, 15) is 0 Å². The van der Waals surface area contributed by atoms with Crippen LogP contribution < -0.4 is 5.32 Å². The van der Waals surface area contributed by atoms with E-state index in [1.807, 2.05) is 6.20 Å². The number of H-pyrrole nitrogens is 1. The maximum Gasteiger partial charge on any atom is 0.140 e. The molecule has 0 spiro atoms. The van der Waals surface area contributed by atoms with Crippen molar-refractivity contribution in [2.45, 2.75) is 46.5 Å². The van der Waals surface area contributed by atoms with E-state index < -0.39 is 0 Å². The molecule has 0 saturated heterocycles. The monoisotopic (exact) mass is 312 g/mol. The largest absolute Gasteiger partial charge is 0.469 e. The van der Waals surface area contributed by atoms with E-state index in [0.717, 1.165) is 34.5 Å². The SMILES string of the molecule is CC(C)(C)C1=COC=C(CC(C)(C)c2cc3cncnc3[nH]2)N1. The molecule has 0 aromatic carbocycles. The van der Waals surface area contributed by atoms with Crippen molar-refractivity contribution in [3.63, 3.8) is 0 Å². The number of nitrogens with one attached hydrogen (secondary N) is 2. The third-order valence-electron chi connectivity index (χ3n) is 4.15. The molecule has 0 amide bonds. The highest BCUT2D eigenvalue weighted by atomic mass is 16.5. The first-order valence-corrected chi connectivity index (χ1v) is 7.87. The number of rotatable bonds is 3. The van der Waals surface area contributed by atoms with Crippen LogP contribution >= 0.6 is 0 Å². The van der Waals surface area contributed by atoms with Crippen LogP contribution in [0.15, 0.2) is 42.5 Å². The number of fused-ring (bicyclic) bond motifs is 1. The lowest BCUT2D eigenvalue weighted by Crippen LogP contribution is -2.30. The van der Waals surface area contributed by atoms with Crippen LogP contribution in [0.5, 0.6) is 0 Å². The molecule has 5 nitrogen and oxygen atoms in total. The predicted molar refractivity (Wildman–Crippen MR) is 91.4 cm³/mol. The zero-order valence-electron chi connectivity index (χ0n) is 14.4. The molecule has 3 heterocycles. The van der Waals surface area contributed by atoms with Gasteiger partial charge in [0.1, 0.15) is 24.5 Å². The Kier molecular flexibility index (Phi) is 3.66. The number of hydrogen-bond acceptors (Lipinski definition) is 4. The molecule has 23 heavy (non-hydrogen) atoms. The van der Waals surface area contributed by atoms with Crippen molar-refractivity contribution in [1.82, 2.24) is 20.3 Å². The summed E-state index contributed by atoms with van der Waals surface area (Å²) in [4.78, 5) is 11.8. The van der Waals surface area contributed by atoms with E-state index in [-0.39, 0.29) is 10.8 Å². The number of hydrogen-bond donors (Lipinski definition) is 2. The van der Waals surface area contributed by atoms with Crippen LogP contribution in [0.2, 0.25) is 0 Å². The quantitative estimate of drug-likeness (QED) is 0.900. The van der Waals surface area contributed by atoms with E-state index in [0.29, 0.717) is 0 Å². The third kappa shape index (κ3) is 3.23. The number of nitrogens with zero attached hydrogens (tertiary/aromatic N) is 2. The van der Waals surface area contributed by atoms with Crippen molar-refractivity contribution in [1.29, 1.82) is 0 Å². The number of allylic oxidation sites excluding steroid dienone is 2. The molecule has 0 aliphatic carbocycles. The fraction of sp³-hybridized carbons (Fsp3) is 0.444. The van der Waals surface area contributed by atoms with Crippen LogP contribution in [0.4, 0.5) is 0 Å². The summed E-state index contributed by atoms with van der Waals surface area (Å²) in [7, 11) is 0. The molecule has 0 atom stereocenters. The van der Waals surface area contributed by atoms with E-state index >= 15 is 0 Å². The van der Waals surface area contributed by atoms with Crippen molar-refractivity contribution in [3.8, 4) is 0 Å². The van der Waals surface area contributed by atoms with Gasteiger partial charge in [-0.1, -0.05) is 34.6 Å². The molecular weight excluding hydrogens is 288 g/mol. The van der Waals surface area contributed by atoms with Gasteiger partial charge in [-0.05, 0) is 6.07 Å². The molecule has 0 unspecified atom stereocenters. The summed E-state index contributed by atoms with van der Waals surface area (Å²) in [6, 6.07) is 2.13. The standard InChI is InChI=1S/C18H24N4O/c1-17(2,3)15-10-23-9-13(21-15)7-18(4,5)14-6-12-8-19-11-20-16(12)22-14/h6,8-11,21H,7H2,1-5H3,(H,19,20,22). The normalized spacial score (nSPS) is 15.7. The number of ether oxygens (including phenoxy) is 1. The van der Waals surface area contributed by atoms with Crippen molar-refractivity contribution in [3.05, 3.63) is 48.2 Å². The fourth-order valence-corrected chi connectivity index (χ4v) is 2.67. The average molecular weight is 312 g/mol. The summed E-state index contributed by atoms with van der Waals surface area (Å²) < 4.78 is 5.54. The van der Waals surface area contributed by atoms with E-state index in [4.69, 9.17) is 4.74 Å². The molecule has 3 rings (SSSR count). The summed E-state index contributed by atoms with van der Waals surface area (Å²) >= 11 is 0. The Morgan fingerprint density at radius 1 is 1.13 bits per heavy atom. The van der Waals surface area contributed by atoms with E-state index in [2.05, 4.69) is 61.0 Å². The molecule has 5 heteroatoms. The second-order valence-electron chi connectivity index (χ2n) is 7.76. The summed E-state index contributed by atoms with van der Waals surface area (Å²) in [5.41, 5.74) is 4.13. The lowest BCUT2D eigenvalue weighted by atomic mass is 9.83. The van der Waals surface area contributed by atoms with Gasteiger partial charge in [0.2, 0.25) is 0 Å². The van der Waals surface area contributed by atoms with Gasteiger partial charge in [0, 0.05) is 34.5 Å². The topological polar surface area (TPSA) is 62.8 Å². The highest BCUT2D eigenvalue weighted by molar-refractivity contribution is 5.75.